The Balaban J connectivity index is 1.52. The molecule has 0 bridgehead atoms. The van der Waals surface area contributed by atoms with Crippen LogP contribution in [0.4, 0.5) is 11.4 Å². The van der Waals surface area contributed by atoms with Gasteiger partial charge in [-0.15, -0.1) is 11.8 Å². The Morgan fingerprint density at radius 2 is 1.55 bits per heavy atom. The number of benzene rings is 4. The Morgan fingerprint density at radius 3 is 2.26 bits per heavy atom. The van der Waals surface area contributed by atoms with Crippen LogP contribution in [0.1, 0.15) is 29.3 Å². The molecule has 3 N–H and O–H groups in total. The van der Waals surface area contributed by atoms with Crippen molar-refractivity contribution in [3.05, 3.63) is 125 Å². The van der Waals surface area contributed by atoms with Crippen LogP contribution in [0.5, 0.6) is 5.75 Å². The highest BCUT2D eigenvalue weighted by Crippen LogP contribution is 2.29. The second-order valence-corrected chi connectivity index (χ2v) is 10.8. The van der Waals surface area contributed by atoms with Crippen LogP contribution in [0.3, 0.4) is 0 Å². The van der Waals surface area contributed by atoms with E-state index in [9.17, 15) is 14.4 Å². The number of rotatable bonds is 11. The lowest BCUT2D eigenvalue weighted by Gasteiger charge is -2.16. The first-order valence-corrected chi connectivity index (χ1v) is 14.5. The molecule has 0 saturated carbocycles. The lowest BCUT2D eigenvalue weighted by molar-refractivity contribution is -0.116. The second-order valence-electron chi connectivity index (χ2n) is 9.12. The first kappa shape index (κ1) is 30.4. The quantitative estimate of drug-likeness (QED) is 0.124. The van der Waals surface area contributed by atoms with E-state index in [4.69, 9.17) is 16.3 Å². The molecule has 1 unspecified atom stereocenters. The Hall–Kier alpha value is -4.53. The third-order valence-electron chi connectivity index (χ3n) is 6.09. The van der Waals surface area contributed by atoms with Crippen molar-refractivity contribution >= 4 is 58.5 Å². The number of hydrogen-bond acceptors (Lipinski definition) is 5. The molecule has 7 nitrogen and oxygen atoms in total. The molecule has 0 heterocycles. The molecule has 0 saturated heterocycles. The Kier molecular flexibility index (Phi) is 10.8. The summed E-state index contributed by atoms with van der Waals surface area (Å²) in [5.74, 6) is -0.535. The molecule has 214 valence electrons. The van der Waals surface area contributed by atoms with E-state index in [0.717, 1.165) is 4.90 Å². The zero-order valence-electron chi connectivity index (χ0n) is 23.1. The van der Waals surface area contributed by atoms with E-state index in [-0.39, 0.29) is 16.9 Å². The molecule has 9 heteroatoms. The summed E-state index contributed by atoms with van der Waals surface area (Å²) in [7, 11) is 1.54. The van der Waals surface area contributed by atoms with Gasteiger partial charge in [0.2, 0.25) is 5.91 Å². The number of methoxy groups -OCH3 is 1. The molecule has 0 aromatic heterocycles. The molecule has 4 rings (SSSR count). The van der Waals surface area contributed by atoms with Crippen molar-refractivity contribution in [3.63, 3.8) is 0 Å². The van der Waals surface area contributed by atoms with Gasteiger partial charge in [0.15, 0.2) is 0 Å². The Morgan fingerprint density at radius 1 is 0.857 bits per heavy atom. The maximum absolute atomic E-state index is 13.5. The molecule has 0 aliphatic rings. The van der Waals surface area contributed by atoms with Crippen LogP contribution in [0.25, 0.3) is 6.08 Å². The van der Waals surface area contributed by atoms with Crippen LogP contribution >= 0.6 is 23.4 Å². The number of ether oxygens (including phenoxy) is 1. The minimum atomic E-state index is -0.516. The van der Waals surface area contributed by atoms with E-state index in [1.165, 1.54) is 18.9 Å². The van der Waals surface area contributed by atoms with E-state index < -0.39 is 11.8 Å². The van der Waals surface area contributed by atoms with Crippen molar-refractivity contribution in [3.8, 4) is 5.75 Å². The minimum absolute atomic E-state index is 0.0405. The normalized spacial score (nSPS) is 11.7. The topological polar surface area (TPSA) is 96.5 Å². The van der Waals surface area contributed by atoms with Crippen molar-refractivity contribution in [1.29, 1.82) is 0 Å². The smallest absolute Gasteiger partial charge is 0.272 e. The molecular weight excluding hydrogens is 570 g/mol. The van der Waals surface area contributed by atoms with Gasteiger partial charge in [-0.3, -0.25) is 14.4 Å². The molecule has 0 aliphatic carbocycles. The zero-order chi connectivity index (χ0) is 29.9. The van der Waals surface area contributed by atoms with Gasteiger partial charge in [0.05, 0.1) is 12.4 Å². The maximum Gasteiger partial charge on any atom is 0.272 e. The molecule has 4 aromatic carbocycles. The van der Waals surface area contributed by atoms with Crippen molar-refractivity contribution in [2.75, 3.05) is 17.7 Å². The molecule has 4 aromatic rings. The molecule has 0 radical (unpaired) electrons. The molecule has 1 atom stereocenters. The van der Waals surface area contributed by atoms with Gasteiger partial charge in [-0.2, -0.15) is 0 Å². The number of carbonyl (C=O) groups is 3. The summed E-state index contributed by atoms with van der Waals surface area (Å²) in [6.45, 7) is 1.94. The van der Waals surface area contributed by atoms with E-state index >= 15 is 0 Å². The maximum atomic E-state index is 13.5. The molecule has 0 aliphatic heterocycles. The standard InChI is InChI=1S/C33H30ClN3O4S/c1-3-30(33(40)36-25-15-9-14-24(34)20-25)42-27-17-10-16-26(21-27)35-32(39)28(19-23-13-7-8-18-29(23)41-2)37-31(38)22-11-5-4-6-12-22/h4-21,30H,3H2,1-2H3,(H,35,39)(H,36,40)(H,37,38)/b28-19+. The number of hydrogen-bond donors (Lipinski definition) is 3. The summed E-state index contributed by atoms with van der Waals surface area (Å²) in [4.78, 5) is 40.2. The fourth-order valence-electron chi connectivity index (χ4n) is 4.00. The van der Waals surface area contributed by atoms with Crippen LogP contribution < -0.4 is 20.7 Å². The highest BCUT2D eigenvalue weighted by Gasteiger charge is 2.20. The van der Waals surface area contributed by atoms with Gasteiger partial charge >= 0.3 is 0 Å². The number of nitrogens with one attached hydrogen (secondary N) is 3. The first-order chi connectivity index (χ1) is 20.4. The molecular formula is C33H30ClN3O4S. The van der Waals surface area contributed by atoms with E-state index in [1.54, 1.807) is 84.9 Å². The monoisotopic (exact) mass is 599 g/mol. The molecule has 0 spiro atoms. The Labute approximate surface area is 254 Å². The summed E-state index contributed by atoms with van der Waals surface area (Å²) < 4.78 is 5.43. The third kappa shape index (κ3) is 8.49. The largest absolute Gasteiger partial charge is 0.496 e. The van der Waals surface area contributed by atoms with Gasteiger partial charge in [0, 0.05) is 32.4 Å². The third-order valence-corrected chi connectivity index (χ3v) is 7.69. The van der Waals surface area contributed by atoms with Crippen LogP contribution in [0.15, 0.2) is 114 Å². The van der Waals surface area contributed by atoms with E-state index in [1.807, 2.05) is 31.2 Å². The van der Waals surface area contributed by atoms with Crippen molar-refractivity contribution in [2.45, 2.75) is 23.5 Å². The average molecular weight is 600 g/mol. The second kappa shape index (κ2) is 14.9. The van der Waals surface area contributed by atoms with E-state index in [2.05, 4.69) is 16.0 Å². The molecule has 42 heavy (non-hydrogen) atoms. The van der Waals surface area contributed by atoms with Crippen LogP contribution in [-0.2, 0) is 9.59 Å². The SMILES string of the molecule is CCC(Sc1cccc(NC(=O)/C(=C\c2ccccc2OC)NC(=O)c2ccccc2)c1)C(=O)Nc1cccc(Cl)c1. The van der Waals surface area contributed by atoms with Crippen molar-refractivity contribution in [1.82, 2.24) is 5.32 Å². The fraction of sp³-hybridized carbons (Fsp3) is 0.121. The summed E-state index contributed by atoms with van der Waals surface area (Å²) in [5.41, 5.74) is 2.21. The predicted octanol–water partition coefficient (Wildman–Crippen LogP) is 7.27. The fourth-order valence-corrected chi connectivity index (χ4v) is 5.21. The van der Waals surface area contributed by atoms with Gasteiger partial charge in [-0.25, -0.2) is 0 Å². The number of thioether (sulfide) groups is 1. The van der Waals surface area contributed by atoms with Crippen molar-refractivity contribution in [2.24, 2.45) is 0 Å². The number of carbonyl (C=O) groups excluding carboxylic acids is 3. The summed E-state index contributed by atoms with van der Waals surface area (Å²) in [6, 6.07) is 30.0. The zero-order valence-corrected chi connectivity index (χ0v) is 24.7. The van der Waals surface area contributed by atoms with Crippen LogP contribution in [-0.4, -0.2) is 30.1 Å². The lowest BCUT2D eigenvalue weighted by Crippen LogP contribution is -2.30. The highest BCUT2D eigenvalue weighted by molar-refractivity contribution is 8.00. The minimum Gasteiger partial charge on any atom is -0.496 e. The van der Waals surface area contributed by atoms with Gasteiger partial charge in [-0.1, -0.05) is 67.1 Å². The summed E-state index contributed by atoms with van der Waals surface area (Å²) in [5, 5.41) is 8.68. The van der Waals surface area contributed by atoms with Gasteiger partial charge < -0.3 is 20.7 Å². The number of halogens is 1. The van der Waals surface area contributed by atoms with Gasteiger partial charge in [0.1, 0.15) is 11.4 Å². The number of amides is 3. The highest BCUT2D eigenvalue weighted by atomic mass is 35.5. The first-order valence-electron chi connectivity index (χ1n) is 13.2. The van der Waals surface area contributed by atoms with Gasteiger partial charge in [-0.05, 0) is 67.1 Å². The summed E-state index contributed by atoms with van der Waals surface area (Å²) >= 11 is 7.44. The average Bonchev–Trinajstić information content (AvgIpc) is 3.00. The van der Waals surface area contributed by atoms with Crippen LogP contribution in [0, 0.1) is 0 Å². The number of anilines is 2. The molecule has 0 fully saturated rings. The van der Waals surface area contributed by atoms with E-state index in [0.29, 0.717) is 39.7 Å². The van der Waals surface area contributed by atoms with Crippen molar-refractivity contribution < 1.29 is 19.1 Å². The Bertz CT molecular complexity index is 1590. The number of para-hydroxylation sites is 1. The lowest BCUT2D eigenvalue weighted by atomic mass is 10.1. The predicted molar refractivity (Wildman–Crippen MR) is 170 cm³/mol. The van der Waals surface area contributed by atoms with Crippen LogP contribution in [0.2, 0.25) is 5.02 Å². The van der Waals surface area contributed by atoms with Gasteiger partial charge in [0.25, 0.3) is 11.8 Å². The summed E-state index contributed by atoms with van der Waals surface area (Å²) in [6.07, 6.45) is 2.16. The molecule has 3 amide bonds.